The first-order valence-corrected chi connectivity index (χ1v) is 7.02. The molecular weight excluding hydrogens is 274 g/mol. The first-order chi connectivity index (χ1) is 9.97. The van der Waals surface area contributed by atoms with Crippen molar-refractivity contribution in [1.29, 1.82) is 0 Å². The number of amides is 1. The number of nitrogens with two attached hydrogens (primary N) is 1. The zero-order chi connectivity index (χ0) is 15.1. The van der Waals surface area contributed by atoms with Crippen molar-refractivity contribution in [3.05, 3.63) is 33.9 Å². The van der Waals surface area contributed by atoms with Crippen LogP contribution in [0.3, 0.4) is 0 Å². The summed E-state index contributed by atoms with van der Waals surface area (Å²) in [5, 5.41) is 20.6. The molecular formula is C14H17N3O4. The first kappa shape index (κ1) is 13.8. The number of aliphatic hydroxyl groups is 1. The van der Waals surface area contributed by atoms with Crippen molar-refractivity contribution in [2.24, 2.45) is 0 Å². The van der Waals surface area contributed by atoms with E-state index in [0.29, 0.717) is 12.8 Å². The van der Waals surface area contributed by atoms with Gasteiger partial charge in [0.25, 0.3) is 11.6 Å². The van der Waals surface area contributed by atoms with E-state index in [1.54, 1.807) is 4.90 Å². The number of non-ortho nitro benzene ring substituents is 1. The Morgan fingerprint density at radius 3 is 2.52 bits per heavy atom. The molecule has 1 amide bonds. The topological polar surface area (TPSA) is 110 Å². The Morgan fingerprint density at radius 2 is 1.95 bits per heavy atom. The summed E-state index contributed by atoms with van der Waals surface area (Å²) in [6.45, 7) is 0. The van der Waals surface area contributed by atoms with Gasteiger partial charge in [-0.15, -0.1) is 0 Å². The van der Waals surface area contributed by atoms with E-state index in [1.165, 1.54) is 18.2 Å². The summed E-state index contributed by atoms with van der Waals surface area (Å²) in [5.41, 5.74) is 6.10. The van der Waals surface area contributed by atoms with Gasteiger partial charge in [0.15, 0.2) is 0 Å². The number of hydrogen-bond donors (Lipinski definition) is 2. The van der Waals surface area contributed by atoms with E-state index in [0.717, 1.165) is 12.8 Å². The Hall–Kier alpha value is -2.15. The van der Waals surface area contributed by atoms with Gasteiger partial charge in [-0.3, -0.25) is 14.9 Å². The van der Waals surface area contributed by atoms with E-state index < -0.39 is 4.92 Å². The highest BCUT2D eigenvalue weighted by atomic mass is 16.6. The highest BCUT2D eigenvalue weighted by molar-refractivity contribution is 6.00. The number of fused-ring (bicyclic) bond motifs is 2. The fraction of sp³-hybridized carbons (Fsp3) is 0.500. The zero-order valence-corrected chi connectivity index (χ0v) is 11.4. The molecule has 3 rings (SSSR count). The predicted molar refractivity (Wildman–Crippen MR) is 75.7 cm³/mol. The first-order valence-electron chi connectivity index (χ1n) is 7.02. The largest absolute Gasteiger partial charge is 0.398 e. The second-order valence-corrected chi connectivity index (χ2v) is 5.75. The van der Waals surface area contributed by atoms with Crippen molar-refractivity contribution >= 4 is 17.3 Å². The number of hydrogen-bond acceptors (Lipinski definition) is 5. The molecule has 2 saturated heterocycles. The Bertz CT molecular complexity index is 590. The van der Waals surface area contributed by atoms with Gasteiger partial charge < -0.3 is 15.7 Å². The molecule has 2 fully saturated rings. The summed E-state index contributed by atoms with van der Waals surface area (Å²) in [6, 6.07) is 3.93. The number of nitrogens with zero attached hydrogens (tertiary/aromatic N) is 2. The number of anilines is 1. The Labute approximate surface area is 121 Å². The number of benzene rings is 1. The molecule has 2 heterocycles. The zero-order valence-electron chi connectivity index (χ0n) is 11.4. The van der Waals surface area contributed by atoms with Crippen molar-refractivity contribution in [1.82, 2.24) is 4.90 Å². The maximum Gasteiger partial charge on any atom is 0.270 e. The van der Waals surface area contributed by atoms with Gasteiger partial charge in [-0.05, 0) is 31.7 Å². The molecule has 112 valence electrons. The lowest BCUT2D eigenvalue weighted by atomic mass is 9.98. The van der Waals surface area contributed by atoms with Gasteiger partial charge in [0.05, 0.1) is 16.6 Å². The van der Waals surface area contributed by atoms with Crippen LogP contribution in [0.2, 0.25) is 0 Å². The molecule has 0 radical (unpaired) electrons. The molecule has 21 heavy (non-hydrogen) atoms. The van der Waals surface area contributed by atoms with Crippen LogP contribution in [0.4, 0.5) is 11.4 Å². The molecule has 0 spiro atoms. The monoisotopic (exact) mass is 291 g/mol. The lowest BCUT2D eigenvalue weighted by Gasteiger charge is -2.37. The molecule has 2 unspecified atom stereocenters. The van der Waals surface area contributed by atoms with Crippen molar-refractivity contribution in [2.45, 2.75) is 43.9 Å². The van der Waals surface area contributed by atoms with Crippen LogP contribution < -0.4 is 5.73 Å². The fourth-order valence-electron chi connectivity index (χ4n) is 3.46. The van der Waals surface area contributed by atoms with E-state index in [1.807, 2.05) is 0 Å². The Morgan fingerprint density at radius 1 is 1.33 bits per heavy atom. The number of piperidine rings is 1. The summed E-state index contributed by atoms with van der Waals surface area (Å²) >= 11 is 0. The average Bonchev–Trinajstić information content (AvgIpc) is 2.70. The van der Waals surface area contributed by atoms with Crippen LogP contribution in [0.25, 0.3) is 0 Å². The normalized spacial score (nSPS) is 27.7. The Kier molecular flexibility index (Phi) is 3.29. The minimum atomic E-state index is -0.537. The molecule has 2 bridgehead atoms. The number of carbonyl (C=O) groups is 1. The highest BCUT2D eigenvalue weighted by Gasteiger charge is 2.43. The minimum absolute atomic E-state index is 0.00455. The average molecular weight is 291 g/mol. The molecule has 3 N–H and O–H groups in total. The molecule has 0 saturated carbocycles. The van der Waals surface area contributed by atoms with E-state index in [-0.39, 0.29) is 41.0 Å². The van der Waals surface area contributed by atoms with E-state index >= 15 is 0 Å². The number of nitrogen functional groups attached to an aromatic ring is 1. The summed E-state index contributed by atoms with van der Waals surface area (Å²) in [6.07, 6.45) is 2.49. The molecule has 0 aliphatic carbocycles. The van der Waals surface area contributed by atoms with Crippen molar-refractivity contribution in [3.8, 4) is 0 Å². The van der Waals surface area contributed by atoms with Crippen LogP contribution in [0, 0.1) is 10.1 Å². The molecule has 2 aliphatic rings. The van der Waals surface area contributed by atoms with Crippen molar-refractivity contribution in [3.63, 3.8) is 0 Å². The smallest absolute Gasteiger partial charge is 0.270 e. The second kappa shape index (κ2) is 5.00. The minimum Gasteiger partial charge on any atom is -0.398 e. The van der Waals surface area contributed by atoms with Gasteiger partial charge in [0, 0.05) is 29.9 Å². The maximum atomic E-state index is 12.7. The van der Waals surface area contributed by atoms with Gasteiger partial charge in [-0.1, -0.05) is 0 Å². The third-order valence-electron chi connectivity index (χ3n) is 4.42. The van der Waals surface area contributed by atoms with E-state index in [4.69, 9.17) is 5.73 Å². The summed E-state index contributed by atoms with van der Waals surface area (Å²) in [5.74, 6) is -0.268. The van der Waals surface area contributed by atoms with Crippen LogP contribution in [-0.4, -0.2) is 39.0 Å². The van der Waals surface area contributed by atoms with Gasteiger partial charge >= 0.3 is 0 Å². The third kappa shape index (κ3) is 2.33. The van der Waals surface area contributed by atoms with Gasteiger partial charge in [0.2, 0.25) is 0 Å². The van der Waals surface area contributed by atoms with Crippen LogP contribution >= 0.6 is 0 Å². The third-order valence-corrected chi connectivity index (χ3v) is 4.42. The molecule has 7 heteroatoms. The molecule has 1 aromatic carbocycles. The van der Waals surface area contributed by atoms with Crippen molar-refractivity contribution in [2.75, 3.05) is 5.73 Å². The Balaban J connectivity index is 1.92. The number of rotatable bonds is 2. The van der Waals surface area contributed by atoms with Crippen LogP contribution in [0.15, 0.2) is 18.2 Å². The van der Waals surface area contributed by atoms with Crippen LogP contribution in [0.5, 0.6) is 0 Å². The molecule has 0 aromatic heterocycles. The highest BCUT2D eigenvalue weighted by Crippen LogP contribution is 2.37. The van der Waals surface area contributed by atoms with Gasteiger partial charge in [-0.2, -0.15) is 0 Å². The summed E-state index contributed by atoms with van der Waals surface area (Å²) in [4.78, 5) is 24.8. The van der Waals surface area contributed by atoms with Crippen molar-refractivity contribution < 1.29 is 14.8 Å². The lowest BCUT2D eigenvalue weighted by molar-refractivity contribution is -0.384. The standard InChI is InChI=1S/C14H17N3O4/c15-13-4-3-10(17(20)21)7-12(13)14(19)16-8-1-2-9(16)6-11(18)5-8/h3-4,7-9,11,18H,1-2,5-6,15H2. The van der Waals surface area contributed by atoms with Gasteiger partial charge in [0.1, 0.15) is 0 Å². The quantitative estimate of drug-likeness (QED) is 0.485. The van der Waals surface area contributed by atoms with E-state index in [2.05, 4.69) is 0 Å². The molecule has 2 atom stereocenters. The lowest BCUT2D eigenvalue weighted by Crippen LogP contribution is -2.48. The maximum absolute atomic E-state index is 12.7. The number of carbonyl (C=O) groups excluding carboxylic acids is 1. The van der Waals surface area contributed by atoms with Gasteiger partial charge in [-0.25, -0.2) is 0 Å². The fourth-order valence-corrected chi connectivity index (χ4v) is 3.46. The SMILES string of the molecule is Nc1ccc([N+](=O)[O-])cc1C(=O)N1C2CCC1CC(O)C2. The molecule has 2 aliphatic heterocycles. The predicted octanol–water partition coefficient (Wildman–Crippen LogP) is 1.30. The molecule has 7 nitrogen and oxygen atoms in total. The number of nitro benzene ring substituents is 1. The van der Waals surface area contributed by atoms with Crippen LogP contribution in [-0.2, 0) is 0 Å². The second-order valence-electron chi connectivity index (χ2n) is 5.75. The summed E-state index contributed by atoms with van der Waals surface area (Å²) < 4.78 is 0. The van der Waals surface area contributed by atoms with Crippen LogP contribution in [0.1, 0.15) is 36.0 Å². The number of nitro groups is 1. The number of aliphatic hydroxyl groups excluding tert-OH is 1. The molecule has 1 aromatic rings. The summed E-state index contributed by atoms with van der Waals surface area (Å²) in [7, 11) is 0. The van der Waals surface area contributed by atoms with E-state index in [9.17, 15) is 20.0 Å².